The Morgan fingerprint density at radius 1 is 1.50 bits per heavy atom. The molecule has 0 aliphatic heterocycles. The number of rotatable bonds is 5. The molecule has 0 aliphatic rings. The predicted octanol–water partition coefficient (Wildman–Crippen LogP) is 2.07. The number of aromatic nitrogens is 1. The number of carboxylic acid groups (broad SMARTS) is 1. The van der Waals surface area contributed by atoms with Crippen molar-refractivity contribution in [2.24, 2.45) is 5.92 Å². The van der Waals surface area contributed by atoms with Crippen LogP contribution < -0.4 is 5.32 Å². The fourth-order valence-electron chi connectivity index (χ4n) is 1.48. The number of carbonyl (C=O) groups is 2. The summed E-state index contributed by atoms with van der Waals surface area (Å²) >= 11 is 3.16. The Kier molecular flexibility index (Phi) is 5.27. The molecule has 0 unspecified atom stereocenters. The minimum atomic E-state index is -1.03. The van der Waals surface area contributed by atoms with E-state index in [1.54, 1.807) is 18.3 Å². The van der Waals surface area contributed by atoms with Crippen LogP contribution in [0.3, 0.4) is 0 Å². The zero-order chi connectivity index (χ0) is 13.7. The minimum Gasteiger partial charge on any atom is -0.480 e. The van der Waals surface area contributed by atoms with Crippen LogP contribution in [0.1, 0.15) is 30.6 Å². The van der Waals surface area contributed by atoms with Crippen molar-refractivity contribution in [3.05, 3.63) is 28.5 Å². The van der Waals surface area contributed by atoms with E-state index >= 15 is 0 Å². The monoisotopic (exact) mass is 314 g/mol. The van der Waals surface area contributed by atoms with Crippen molar-refractivity contribution in [1.29, 1.82) is 0 Å². The van der Waals surface area contributed by atoms with Crippen molar-refractivity contribution in [1.82, 2.24) is 10.3 Å². The highest BCUT2D eigenvalue weighted by Crippen LogP contribution is 2.13. The van der Waals surface area contributed by atoms with Crippen LogP contribution in [-0.4, -0.2) is 28.0 Å². The summed E-state index contributed by atoms with van der Waals surface area (Å²) in [5, 5.41) is 11.5. The van der Waals surface area contributed by atoms with Gasteiger partial charge in [0.15, 0.2) is 0 Å². The lowest BCUT2D eigenvalue weighted by Crippen LogP contribution is -2.41. The second kappa shape index (κ2) is 6.49. The van der Waals surface area contributed by atoms with Crippen LogP contribution in [0.2, 0.25) is 0 Å². The van der Waals surface area contributed by atoms with E-state index < -0.39 is 17.9 Å². The first kappa shape index (κ1) is 14.6. The van der Waals surface area contributed by atoms with E-state index in [4.69, 9.17) is 5.11 Å². The summed E-state index contributed by atoms with van der Waals surface area (Å²) in [5.41, 5.74) is 0.326. The van der Waals surface area contributed by atoms with Crippen LogP contribution in [0.4, 0.5) is 0 Å². The van der Waals surface area contributed by atoms with Crippen molar-refractivity contribution in [3.8, 4) is 0 Å². The van der Waals surface area contributed by atoms with E-state index in [0.29, 0.717) is 16.6 Å². The van der Waals surface area contributed by atoms with Gasteiger partial charge in [-0.2, -0.15) is 0 Å². The molecule has 0 aliphatic carbocycles. The molecule has 1 aromatic heterocycles. The van der Waals surface area contributed by atoms with Gasteiger partial charge in [0.05, 0.1) is 5.56 Å². The number of carboxylic acids is 1. The van der Waals surface area contributed by atoms with Crippen molar-refractivity contribution in [3.63, 3.8) is 0 Å². The molecular weight excluding hydrogens is 300 g/mol. The second-order valence-corrected chi connectivity index (χ2v) is 5.09. The first-order chi connectivity index (χ1) is 8.41. The summed E-state index contributed by atoms with van der Waals surface area (Å²) in [6, 6.07) is 2.32. The van der Waals surface area contributed by atoms with Crippen LogP contribution in [0.5, 0.6) is 0 Å². The summed E-state index contributed by atoms with van der Waals surface area (Å²) in [6.07, 6.45) is 1.93. The first-order valence-electron chi connectivity index (χ1n) is 5.56. The van der Waals surface area contributed by atoms with Crippen LogP contribution in [-0.2, 0) is 4.79 Å². The molecule has 0 fully saturated rings. The Hall–Kier alpha value is -1.43. The average molecular weight is 315 g/mol. The van der Waals surface area contributed by atoms with Gasteiger partial charge in [0, 0.05) is 6.20 Å². The van der Waals surface area contributed by atoms with Gasteiger partial charge in [0.25, 0.3) is 5.91 Å². The van der Waals surface area contributed by atoms with Gasteiger partial charge in [0.1, 0.15) is 10.6 Å². The lowest BCUT2D eigenvalue weighted by molar-refractivity contribution is -0.139. The molecule has 0 spiro atoms. The van der Waals surface area contributed by atoms with Gasteiger partial charge in [-0.25, -0.2) is 9.78 Å². The van der Waals surface area contributed by atoms with Gasteiger partial charge in [0.2, 0.25) is 0 Å². The molecule has 1 rings (SSSR count). The maximum atomic E-state index is 11.9. The normalized spacial score (nSPS) is 12.2. The maximum Gasteiger partial charge on any atom is 0.326 e. The number of nitrogens with zero attached hydrogens (tertiary/aromatic N) is 1. The number of aliphatic carboxylic acids is 1. The number of pyridine rings is 1. The molecule has 1 aromatic rings. The number of hydrogen-bond acceptors (Lipinski definition) is 3. The van der Waals surface area contributed by atoms with E-state index in [1.807, 2.05) is 13.8 Å². The zero-order valence-corrected chi connectivity index (χ0v) is 11.8. The summed E-state index contributed by atoms with van der Waals surface area (Å²) in [7, 11) is 0. The van der Waals surface area contributed by atoms with E-state index in [2.05, 4.69) is 26.2 Å². The van der Waals surface area contributed by atoms with Crippen molar-refractivity contribution in [2.75, 3.05) is 0 Å². The standard InChI is InChI=1S/C12H15BrN2O3/c1-7(2)6-9(12(17)18)15-11(16)8-4-3-5-14-10(8)13/h3-5,7,9H,6H2,1-2H3,(H,15,16)(H,17,18)/t9-/m0/s1. The number of nitrogens with one attached hydrogen (secondary N) is 1. The van der Waals surface area contributed by atoms with Crippen LogP contribution in [0.15, 0.2) is 22.9 Å². The van der Waals surface area contributed by atoms with Crippen LogP contribution in [0, 0.1) is 5.92 Å². The topological polar surface area (TPSA) is 79.3 Å². The second-order valence-electron chi connectivity index (χ2n) is 4.34. The molecule has 0 aromatic carbocycles. The van der Waals surface area contributed by atoms with Crippen molar-refractivity contribution in [2.45, 2.75) is 26.3 Å². The fraction of sp³-hybridized carbons (Fsp3) is 0.417. The van der Waals surface area contributed by atoms with E-state index in [9.17, 15) is 9.59 Å². The van der Waals surface area contributed by atoms with Gasteiger partial charge in [-0.15, -0.1) is 0 Å². The summed E-state index contributed by atoms with van der Waals surface area (Å²) in [4.78, 5) is 26.9. The zero-order valence-electron chi connectivity index (χ0n) is 10.2. The molecule has 0 bridgehead atoms. The van der Waals surface area contributed by atoms with E-state index in [0.717, 1.165) is 0 Å². The molecular formula is C12H15BrN2O3. The SMILES string of the molecule is CC(C)C[C@H](NC(=O)c1cccnc1Br)C(=O)O. The van der Waals surface area contributed by atoms with Crippen molar-refractivity contribution >= 4 is 27.8 Å². The Morgan fingerprint density at radius 3 is 2.67 bits per heavy atom. The fourth-order valence-corrected chi connectivity index (χ4v) is 1.91. The van der Waals surface area contributed by atoms with Crippen LogP contribution in [0.25, 0.3) is 0 Å². The van der Waals surface area contributed by atoms with Crippen molar-refractivity contribution < 1.29 is 14.7 Å². The van der Waals surface area contributed by atoms with Gasteiger partial charge < -0.3 is 10.4 Å². The maximum absolute atomic E-state index is 11.9. The third kappa shape index (κ3) is 4.10. The summed E-state index contributed by atoms with van der Waals surface area (Å²) < 4.78 is 0.399. The highest BCUT2D eigenvalue weighted by atomic mass is 79.9. The quantitative estimate of drug-likeness (QED) is 0.815. The third-order valence-corrected chi connectivity index (χ3v) is 2.95. The van der Waals surface area contributed by atoms with Gasteiger partial charge in [-0.05, 0) is 40.4 Å². The molecule has 1 atom stereocenters. The third-order valence-electron chi connectivity index (χ3n) is 2.31. The molecule has 18 heavy (non-hydrogen) atoms. The van der Waals surface area contributed by atoms with Gasteiger partial charge in [-0.1, -0.05) is 13.8 Å². The molecule has 2 N–H and O–H groups in total. The summed E-state index contributed by atoms with van der Waals surface area (Å²) in [5.74, 6) is -1.29. The number of halogens is 1. The Bertz CT molecular complexity index is 449. The van der Waals surface area contributed by atoms with Gasteiger partial charge in [-0.3, -0.25) is 4.79 Å². The van der Waals surface area contributed by atoms with E-state index in [-0.39, 0.29) is 5.92 Å². The lowest BCUT2D eigenvalue weighted by atomic mass is 10.0. The Labute approximate surface area is 114 Å². The Balaban J connectivity index is 2.79. The first-order valence-corrected chi connectivity index (χ1v) is 6.35. The highest BCUT2D eigenvalue weighted by Gasteiger charge is 2.22. The smallest absolute Gasteiger partial charge is 0.326 e. The molecule has 0 saturated carbocycles. The molecule has 0 saturated heterocycles. The molecule has 1 amide bonds. The van der Waals surface area contributed by atoms with Crippen LogP contribution >= 0.6 is 15.9 Å². The summed E-state index contributed by atoms with van der Waals surface area (Å²) in [6.45, 7) is 3.81. The molecule has 6 heteroatoms. The minimum absolute atomic E-state index is 0.184. The molecule has 1 heterocycles. The van der Waals surface area contributed by atoms with Gasteiger partial charge >= 0.3 is 5.97 Å². The molecule has 98 valence electrons. The van der Waals surface area contributed by atoms with E-state index in [1.165, 1.54) is 0 Å². The lowest BCUT2D eigenvalue weighted by Gasteiger charge is -2.16. The highest BCUT2D eigenvalue weighted by molar-refractivity contribution is 9.10. The molecule has 5 nitrogen and oxygen atoms in total. The number of amides is 1. The average Bonchev–Trinajstić information content (AvgIpc) is 2.27. The Morgan fingerprint density at radius 2 is 2.17 bits per heavy atom. The molecule has 0 radical (unpaired) electrons. The number of carbonyl (C=O) groups excluding carboxylic acids is 1. The predicted molar refractivity (Wildman–Crippen MR) is 70.3 cm³/mol. The largest absolute Gasteiger partial charge is 0.480 e. The number of hydrogen-bond donors (Lipinski definition) is 2.